The number of hydrogen-bond donors (Lipinski definition) is 1. The first-order valence-electron chi connectivity index (χ1n) is 7.96. The van der Waals surface area contributed by atoms with Crippen molar-refractivity contribution in [2.24, 2.45) is 5.16 Å². The molecule has 0 aliphatic rings. The summed E-state index contributed by atoms with van der Waals surface area (Å²) in [4.78, 5) is 0. The van der Waals surface area contributed by atoms with Gasteiger partial charge in [0.15, 0.2) is 11.5 Å². The highest BCUT2D eigenvalue weighted by atomic mass is 35.5. The van der Waals surface area contributed by atoms with E-state index in [1.807, 2.05) is 31.2 Å². The number of nitrogens with zero attached hydrogens (tertiary/aromatic N) is 1. The maximum atomic E-state index is 8.71. The normalized spacial score (nSPS) is 11.1. The maximum Gasteiger partial charge on any atom is 0.180 e. The molecule has 3 aromatic rings. The molecular weight excluding hydrogens is 338 g/mol. The van der Waals surface area contributed by atoms with Gasteiger partial charge in [-0.25, -0.2) is 0 Å². The summed E-state index contributed by atoms with van der Waals surface area (Å²) in [5.74, 6) is 0.997. The Labute approximate surface area is 151 Å². The minimum Gasteiger partial charge on any atom is -0.490 e. The van der Waals surface area contributed by atoms with Crippen molar-refractivity contribution in [3.05, 3.63) is 70.7 Å². The lowest BCUT2D eigenvalue weighted by Crippen LogP contribution is -2.02. The zero-order chi connectivity index (χ0) is 17.6. The minimum absolute atomic E-state index is 0.370. The van der Waals surface area contributed by atoms with Gasteiger partial charge in [0.2, 0.25) is 0 Å². The molecule has 0 atom stereocenters. The SMILES string of the molecule is CCOc1cc(/C=N/O)cc(Cl)c1OCc1cccc2ccccc12. The summed E-state index contributed by atoms with van der Waals surface area (Å²) < 4.78 is 11.6. The quantitative estimate of drug-likeness (QED) is 0.372. The van der Waals surface area contributed by atoms with Crippen LogP contribution in [0.3, 0.4) is 0 Å². The number of oxime groups is 1. The van der Waals surface area contributed by atoms with Crippen LogP contribution in [0.5, 0.6) is 11.5 Å². The molecule has 0 bridgehead atoms. The van der Waals surface area contributed by atoms with Gasteiger partial charge in [-0.1, -0.05) is 59.2 Å². The van der Waals surface area contributed by atoms with Gasteiger partial charge in [-0.3, -0.25) is 0 Å². The van der Waals surface area contributed by atoms with E-state index >= 15 is 0 Å². The van der Waals surface area contributed by atoms with E-state index in [1.165, 1.54) is 6.21 Å². The van der Waals surface area contributed by atoms with Crippen LogP contribution in [0.4, 0.5) is 0 Å². The second-order valence-corrected chi connectivity index (χ2v) is 5.84. The van der Waals surface area contributed by atoms with Gasteiger partial charge < -0.3 is 14.7 Å². The molecule has 128 valence electrons. The first-order valence-corrected chi connectivity index (χ1v) is 8.34. The summed E-state index contributed by atoms with van der Waals surface area (Å²) in [6.45, 7) is 2.73. The van der Waals surface area contributed by atoms with Crippen LogP contribution in [-0.2, 0) is 6.61 Å². The molecule has 0 heterocycles. The van der Waals surface area contributed by atoms with Gasteiger partial charge >= 0.3 is 0 Å². The van der Waals surface area contributed by atoms with Crippen molar-refractivity contribution >= 4 is 28.6 Å². The second kappa shape index (κ2) is 7.90. The van der Waals surface area contributed by atoms with Crippen molar-refractivity contribution < 1.29 is 14.7 Å². The Kier molecular flexibility index (Phi) is 5.41. The summed E-state index contributed by atoms with van der Waals surface area (Å²) >= 11 is 6.34. The van der Waals surface area contributed by atoms with Gasteiger partial charge in [0, 0.05) is 5.56 Å². The Balaban J connectivity index is 1.91. The van der Waals surface area contributed by atoms with E-state index in [1.54, 1.807) is 12.1 Å². The lowest BCUT2D eigenvalue weighted by Gasteiger charge is -2.15. The van der Waals surface area contributed by atoms with E-state index in [-0.39, 0.29) is 0 Å². The lowest BCUT2D eigenvalue weighted by molar-refractivity contribution is 0.270. The summed E-state index contributed by atoms with van der Waals surface area (Å²) in [6, 6.07) is 17.7. The number of ether oxygens (including phenoxy) is 2. The van der Waals surface area contributed by atoms with E-state index in [0.29, 0.717) is 35.3 Å². The number of halogens is 1. The molecule has 3 rings (SSSR count). The molecule has 0 amide bonds. The molecule has 25 heavy (non-hydrogen) atoms. The third kappa shape index (κ3) is 3.86. The fraction of sp³-hybridized carbons (Fsp3) is 0.150. The van der Waals surface area contributed by atoms with E-state index in [9.17, 15) is 0 Å². The molecule has 0 saturated carbocycles. The molecule has 0 unspecified atom stereocenters. The molecule has 4 nitrogen and oxygen atoms in total. The molecule has 0 aliphatic heterocycles. The van der Waals surface area contributed by atoms with Gasteiger partial charge in [0.1, 0.15) is 6.61 Å². The zero-order valence-corrected chi connectivity index (χ0v) is 14.5. The predicted molar refractivity (Wildman–Crippen MR) is 100 cm³/mol. The van der Waals surface area contributed by atoms with Crippen LogP contribution in [-0.4, -0.2) is 18.0 Å². The Morgan fingerprint density at radius 3 is 2.68 bits per heavy atom. The summed E-state index contributed by atoms with van der Waals surface area (Å²) in [5, 5.41) is 14.4. The fourth-order valence-electron chi connectivity index (χ4n) is 2.70. The van der Waals surface area contributed by atoms with E-state index in [4.69, 9.17) is 26.3 Å². The molecular formula is C20H18ClNO3. The second-order valence-electron chi connectivity index (χ2n) is 5.43. The summed E-state index contributed by atoms with van der Waals surface area (Å²) in [6.07, 6.45) is 1.29. The lowest BCUT2D eigenvalue weighted by atomic mass is 10.1. The van der Waals surface area contributed by atoms with Crippen molar-refractivity contribution in [1.29, 1.82) is 0 Å². The average Bonchev–Trinajstić information content (AvgIpc) is 2.61. The topological polar surface area (TPSA) is 51.0 Å². The molecule has 1 N–H and O–H groups in total. The number of hydrogen-bond acceptors (Lipinski definition) is 4. The van der Waals surface area contributed by atoms with Crippen molar-refractivity contribution in [3.63, 3.8) is 0 Å². The third-order valence-corrected chi connectivity index (χ3v) is 4.07. The van der Waals surface area contributed by atoms with Crippen molar-refractivity contribution in [2.45, 2.75) is 13.5 Å². The predicted octanol–water partition coefficient (Wildman–Crippen LogP) is 5.28. The van der Waals surface area contributed by atoms with Crippen molar-refractivity contribution in [3.8, 4) is 11.5 Å². The van der Waals surface area contributed by atoms with E-state index in [0.717, 1.165) is 16.3 Å². The highest BCUT2D eigenvalue weighted by molar-refractivity contribution is 6.32. The number of fused-ring (bicyclic) bond motifs is 1. The molecule has 0 saturated heterocycles. The molecule has 0 aromatic heterocycles. The number of rotatable bonds is 6. The highest BCUT2D eigenvalue weighted by Gasteiger charge is 2.13. The van der Waals surface area contributed by atoms with Crippen LogP contribution in [0.2, 0.25) is 5.02 Å². The smallest absolute Gasteiger partial charge is 0.180 e. The Hall–Kier alpha value is -2.72. The molecule has 0 aliphatic carbocycles. The van der Waals surface area contributed by atoms with Crippen molar-refractivity contribution in [2.75, 3.05) is 6.61 Å². The van der Waals surface area contributed by atoms with Crippen LogP contribution < -0.4 is 9.47 Å². The van der Waals surface area contributed by atoms with Crippen LogP contribution in [0.25, 0.3) is 10.8 Å². The fourth-order valence-corrected chi connectivity index (χ4v) is 2.97. The molecule has 0 spiro atoms. The Bertz CT molecular complexity index is 903. The Morgan fingerprint density at radius 1 is 1.08 bits per heavy atom. The maximum absolute atomic E-state index is 8.71. The van der Waals surface area contributed by atoms with Crippen LogP contribution in [0.1, 0.15) is 18.1 Å². The Morgan fingerprint density at radius 2 is 1.88 bits per heavy atom. The molecule has 3 aromatic carbocycles. The van der Waals surface area contributed by atoms with Gasteiger partial charge in [-0.15, -0.1) is 0 Å². The van der Waals surface area contributed by atoms with Gasteiger partial charge in [0.05, 0.1) is 17.8 Å². The number of benzene rings is 3. The zero-order valence-electron chi connectivity index (χ0n) is 13.8. The van der Waals surface area contributed by atoms with Crippen LogP contribution in [0.15, 0.2) is 59.8 Å². The van der Waals surface area contributed by atoms with Gasteiger partial charge in [-0.2, -0.15) is 0 Å². The summed E-state index contributed by atoms with van der Waals surface area (Å²) in [7, 11) is 0. The van der Waals surface area contributed by atoms with Gasteiger partial charge in [-0.05, 0) is 35.4 Å². The first-order chi connectivity index (χ1) is 12.2. The summed E-state index contributed by atoms with van der Waals surface area (Å²) in [5.41, 5.74) is 1.70. The molecule has 5 heteroatoms. The molecule has 0 fully saturated rings. The van der Waals surface area contributed by atoms with Crippen LogP contribution in [0, 0.1) is 0 Å². The monoisotopic (exact) mass is 355 g/mol. The minimum atomic E-state index is 0.370. The van der Waals surface area contributed by atoms with E-state index < -0.39 is 0 Å². The largest absolute Gasteiger partial charge is 0.490 e. The standard InChI is InChI=1S/C20H18ClNO3/c1-2-24-19-11-14(12-22-23)10-18(21)20(19)25-13-16-8-5-7-15-6-3-4-9-17(15)16/h3-12,23H,2,13H2,1H3/b22-12+. The molecule has 0 radical (unpaired) electrons. The third-order valence-electron chi connectivity index (χ3n) is 3.79. The average molecular weight is 356 g/mol. The van der Waals surface area contributed by atoms with Crippen LogP contribution >= 0.6 is 11.6 Å². The first kappa shape index (κ1) is 17.1. The van der Waals surface area contributed by atoms with Gasteiger partial charge in [0.25, 0.3) is 0 Å². The van der Waals surface area contributed by atoms with Crippen molar-refractivity contribution in [1.82, 2.24) is 0 Å². The van der Waals surface area contributed by atoms with E-state index in [2.05, 4.69) is 23.4 Å². The highest BCUT2D eigenvalue weighted by Crippen LogP contribution is 2.37.